The molecule has 2 aromatic rings. The molecule has 0 bridgehead atoms. The molecule has 0 aliphatic rings. The van der Waals surface area contributed by atoms with Gasteiger partial charge in [0.05, 0.1) is 0 Å². The van der Waals surface area contributed by atoms with Crippen molar-refractivity contribution in [1.82, 2.24) is 4.98 Å². The van der Waals surface area contributed by atoms with Crippen LogP contribution in [0.4, 0.5) is 0 Å². The van der Waals surface area contributed by atoms with Gasteiger partial charge in [0.25, 0.3) is 0 Å². The van der Waals surface area contributed by atoms with Gasteiger partial charge in [-0.25, -0.2) is 4.98 Å². The quantitative estimate of drug-likeness (QED) is 0.457. The summed E-state index contributed by atoms with van der Waals surface area (Å²) in [6.07, 6.45) is 0. The fourth-order valence-corrected chi connectivity index (χ4v) is 1.83. The molecule has 2 rings (SSSR count). The van der Waals surface area contributed by atoms with E-state index in [1.807, 2.05) is 31.2 Å². The summed E-state index contributed by atoms with van der Waals surface area (Å²) in [5.41, 5.74) is 2.48. The van der Waals surface area contributed by atoms with Crippen LogP contribution in [0.2, 0.25) is 0 Å². The molecule has 0 aliphatic heterocycles. The lowest BCUT2D eigenvalue weighted by molar-refractivity contribution is -0.131. The number of pyridine rings is 1. The first-order valence-corrected chi connectivity index (χ1v) is 6.77. The summed E-state index contributed by atoms with van der Waals surface area (Å²) in [7, 11) is 0. The minimum absolute atomic E-state index is 0.361. The second kappa shape index (κ2) is 6.36. The lowest BCUT2D eigenvalue weighted by Crippen LogP contribution is -2.04. The van der Waals surface area contributed by atoms with E-state index in [0.29, 0.717) is 16.0 Å². The Hall–Kier alpha value is -2.12. The van der Waals surface area contributed by atoms with Gasteiger partial charge in [0.2, 0.25) is 0 Å². The number of ether oxygens (including phenoxy) is 1. The van der Waals surface area contributed by atoms with Gasteiger partial charge in [-0.05, 0) is 53.0 Å². The van der Waals surface area contributed by atoms with Crippen molar-refractivity contribution in [2.75, 3.05) is 0 Å². The molecule has 0 aliphatic carbocycles. The van der Waals surface area contributed by atoms with Crippen LogP contribution >= 0.6 is 15.9 Å². The zero-order chi connectivity index (χ0) is 14.5. The molecular weight excluding hydrogens is 318 g/mol. The van der Waals surface area contributed by atoms with Crippen LogP contribution in [0.25, 0.3) is 0 Å². The monoisotopic (exact) mass is 329 g/mol. The molecule has 0 N–H and O–H groups in total. The molecule has 0 atom stereocenters. The molecule has 0 saturated carbocycles. The molecule has 0 saturated heterocycles. The SMILES string of the molecule is CC(=O)Oc1ccc(Br)nc1C#Cc1ccc(C)cc1. The van der Waals surface area contributed by atoms with Crippen LogP contribution in [-0.4, -0.2) is 11.0 Å². The Labute approximate surface area is 126 Å². The summed E-state index contributed by atoms with van der Waals surface area (Å²) in [5, 5.41) is 0. The first-order chi connectivity index (χ1) is 9.54. The Kier molecular flexibility index (Phi) is 4.54. The van der Waals surface area contributed by atoms with Crippen molar-refractivity contribution in [3.63, 3.8) is 0 Å². The van der Waals surface area contributed by atoms with Gasteiger partial charge in [-0.15, -0.1) is 0 Å². The van der Waals surface area contributed by atoms with Gasteiger partial charge in [0.1, 0.15) is 4.60 Å². The summed E-state index contributed by atoms with van der Waals surface area (Å²) >= 11 is 3.28. The smallest absolute Gasteiger partial charge is 0.308 e. The Bertz CT molecular complexity index is 697. The Balaban J connectivity index is 2.35. The van der Waals surface area contributed by atoms with Crippen LogP contribution in [0.15, 0.2) is 41.0 Å². The normalized spacial score (nSPS) is 9.55. The molecule has 1 aromatic carbocycles. The van der Waals surface area contributed by atoms with Gasteiger partial charge in [-0.2, -0.15) is 0 Å². The molecule has 0 unspecified atom stereocenters. The van der Waals surface area contributed by atoms with Crippen LogP contribution < -0.4 is 4.74 Å². The predicted octanol–water partition coefficient (Wildman–Crippen LogP) is 3.48. The standard InChI is InChI=1S/C16H12BrNO2/c1-11-3-5-13(6-4-11)7-8-14-15(20-12(2)19)9-10-16(17)18-14/h3-6,9-10H,1-2H3. The van der Waals surface area contributed by atoms with E-state index in [9.17, 15) is 4.79 Å². The molecule has 0 fully saturated rings. The lowest BCUT2D eigenvalue weighted by atomic mass is 10.1. The van der Waals surface area contributed by atoms with Gasteiger partial charge in [-0.3, -0.25) is 4.79 Å². The molecule has 3 nitrogen and oxygen atoms in total. The average Bonchev–Trinajstić information content (AvgIpc) is 2.40. The Morgan fingerprint density at radius 1 is 1.15 bits per heavy atom. The van der Waals surface area contributed by atoms with Crippen molar-refractivity contribution in [3.8, 4) is 17.6 Å². The lowest BCUT2D eigenvalue weighted by Gasteiger charge is -2.03. The summed E-state index contributed by atoms with van der Waals surface area (Å²) in [5.74, 6) is 5.90. The Morgan fingerprint density at radius 2 is 1.85 bits per heavy atom. The fourth-order valence-electron chi connectivity index (χ4n) is 1.52. The molecule has 1 aromatic heterocycles. The molecule has 0 amide bonds. The number of hydrogen-bond acceptors (Lipinski definition) is 3. The van der Waals surface area contributed by atoms with E-state index >= 15 is 0 Å². The number of benzene rings is 1. The number of aryl methyl sites for hydroxylation is 1. The number of aromatic nitrogens is 1. The van der Waals surface area contributed by atoms with Crippen molar-refractivity contribution in [2.24, 2.45) is 0 Å². The first kappa shape index (κ1) is 14.3. The first-order valence-electron chi connectivity index (χ1n) is 5.98. The summed E-state index contributed by atoms with van der Waals surface area (Å²) in [4.78, 5) is 15.3. The van der Waals surface area contributed by atoms with Crippen molar-refractivity contribution >= 4 is 21.9 Å². The molecule has 1 heterocycles. The van der Waals surface area contributed by atoms with Crippen molar-refractivity contribution in [3.05, 3.63) is 57.8 Å². The highest BCUT2D eigenvalue weighted by Crippen LogP contribution is 2.19. The van der Waals surface area contributed by atoms with E-state index in [-0.39, 0.29) is 0 Å². The minimum atomic E-state index is -0.396. The molecular formula is C16H12BrNO2. The number of rotatable bonds is 1. The number of halogens is 1. The third kappa shape index (κ3) is 3.94. The number of carbonyl (C=O) groups excluding carboxylic acids is 1. The zero-order valence-electron chi connectivity index (χ0n) is 11.1. The summed E-state index contributed by atoms with van der Waals surface area (Å²) in [6, 6.07) is 11.2. The highest BCUT2D eigenvalue weighted by molar-refractivity contribution is 9.10. The molecule has 100 valence electrons. The number of carbonyl (C=O) groups is 1. The summed E-state index contributed by atoms with van der Waals surface area (Å²) in [6.45, 7) is 3.37. The van der Waals surface area contributed by atoms with Crippen LogP contribution in [0, 0.1) is 18.8 Å². The van der Waals surface area contributed by atoms with E-state index < -0.39 is 5.97 Å². The van der Waals surface area contributed by atoms with Crippen LogP contribution in [0.5, 0.6) is 5.75 Å². The molecule has 0 radical (unpaired) electrons. The highest BCUT2D eigenvalue weighted by atomic mass is 79.9. The maximum atomic E-state index is 11.1. The Morgan fingerprint density at radius 3 is 2.50 bits per heavy atom. The minimum Gasteiger partial charge on any atom is -0.424 e. The van der Waals surface area contributed by atoms with Gasteiger partial charge in [0, 0.05) is 12.5 Å². The maximum Gasteiger partial charge on any atom is 0.308 e. The molecule has 4 heteroatoms. The maximum absolute atomic E-state index is 11.1. The van der Waals surface area contributed by atoms with E-state index in [1.165, 1.54) is 12.5 Å². The second-order valence-electron chi connectivity index (χ2n) is 4.19. The molecule has 0 spiro atoms. The predicted molar refractivity (Wildman–Crippen MR) is 80.4 cm³/mol. The fraction of sp³-hybridized carbons (Fsp3) is 0.125. The van der Waals surface area contributed by atoms with Crippen molar-refractivity contribution in [1.29, 1.82) is 0 Å². The van der Waals surface area contributed by atoms with E-state index in [0.717, 1.165) is 5.56 Å². The topological polar surface area (TPSA) is 39.2 Å². The van der Waals surface area contributed by atoms with Gasteiger partial charge < -0.3 is 4.74 Å². The van der Waals surface area contributed by atoms with Gasteiger partial charge in [-0.1, -0.05) is 23.6 Å². The number of hydrogen-bond donors (Lipinski definition) is 0. The van der Waals surface area contributed by atoms with E-state index in [2.05, 4.69) is 32.8 Å². The highest BCUT2D eigenvalue weighted by Gasteiger charge is 2.06. The van der Waals surface area contributed by atoms with Crippen LogP contribution in [0.1, 0.15) is 23.7 Å². The largest absolute Gasteiger partial charge is 0.424 e. The van der Waals surface area contributed by atoms with Crippen molar-refractivity contribution < 1.29 is 9.53 Å². The van der Waals surface area contributed by atoms with E-state index in [1.54, 1.807) is 12.1 Å². The number of esters is 1. The van der Waals surface area contributed by atoms with Crippen molar-refractivity contribution in [2.45, 2.75) is 13.8 Å². The second-order valence-corrected chi connectivity index (χ2v) is 5.00. The number of nitrogens with zero attached hydrogens (tertiary/aromatic N) is 1. The zero-order valence-corrected chi connectivity index (χ0v) is 12.7. The average molecular weight is 330 g/mol. The van der Waals surface area contributed by atoms with Gasteiger partial charge in [0.15, 0.2) is 11.4 Å². The van der Waals surface area contributed by atoms with E-state index in [4.69, 9.17) is 4.74 Å². The third-order valence-electron chi connectivity index (χ3n) is 2.45. The van der Waals surface area contributed by atoms with Gasteiger partial charge >= 0.3 is 5.97 Å². The summed E-state index contributed by atoms with van der Waals surface area (Å²) < 4.78 is 5.72. The van der Waals surface area contributed by atoms with Crippen LogP contribution in [0.3, 0.4) is 0 Å². The third-order valence-corrected chi connectivity index (χ3v) is 2.90. The molecule has 20 heavy (non-hydrogen) atoms. The van der Waals surface area contributed by atoms with Crippen LogP contribution in [-0.2, 0) is 4.79 Å².